The number of carbonyl (C=O) groups excluding carboxylic acids is 3. The number of amides is 3. The minimum Gasteiger partial charge on any atom is -0.497 e. The molecule has 252 valence electrons. The number of aryl methyl sites for hydroxylation is 1. The van der Waals surface area contributed by atoms with E-state index in [9.17, 15) is 19.2 Å². The monoisotopic (exact) mass is 650 g/mol. The summed E-state index contributed by atoms with van der Waals surface area (Å²) in [5.74, 6) is -0.205. The standard InChI is InChI=1S/C34H43FN6O6/c1-34(2,3)47-33(45)38-16-14-37(15-17-38)18-23-19-39(20-23)29-25(35)10-11-26-30(29)36(4)32(44)41(26)27-12-13-28(42)40(31(27)43)21-22-6-8-24(46-5)9-7-22/h6-11,23,27H,12-21H2,1-5H3. The number of imidazole rings is 1. The first-order valence-corrected chi connectivity index (χ1v) is 16.2. The van der Waals surface area contributed by atoms with Gasteiger partial charge in [-0.1, -0.05) is 12.1 Å². The first-order valence-electron chi connectivity index (χ1n) is 16.2. The van der Waals surface area contributed by atoms with Gasteiger partial charge in [-0.25, -0.2) is 14.0 Å². The van der Waals surface area contributed by atoms with Crippen molar-refractivity contribution in [3.63, 3.8) is 0 Å². The molecule has 3 fully saturated rings. The number of aromatic nitrogens is 2. The molecule has 0 radical (unpaired) electrons. The number of imide groups is 1. The number of likely N-dealkylation sites (tertiary alicyclic amines) is 1. The fraction of sp³-hybridized carbons (Fsp3) is 0.529. The molecule has 1 aromatic heterocycles. The highest BCUT2D eigenvalue weighted by molar-refractivity contribution is 6.00. The van der Waals surface area contributed by atoms with E-state index < -0.39 is 29.1 Å². The van der Waals surface area contributed by atoms with Crippen molar-refractivity contribution in [3.05, 3.63) is 58.3 Å². The zero-order valence-electron chi connectivity index (χ0n) is 27.7. The molecule has 13 heteroatoms. The minimum absolute atomic E-state index is 0.0861. The number of hydrogen-bond donors (Lipinski definition) is 0. The number of rotatable bonds is 7. The molecular formula is C34H43FN6O6. The first-order chi connectivity index (χ1) is 22.3. The number of methoxy groups -OCH3 is 1. The van der Waals surface area contributed by atoms with E-state index in [1.54, 1.807) is 49.4 Å². The number of carbonyl (C=O) groups is 3. The summed E-state index contributed by atoms with van der Waals surface area (Å²) < 4.78 is 29.1. The maximum absolute atomic E-state index is 15.5. The van der Waals surface area contributed by atoms with E-state index in [0.717, 1.165) is 25.2 Å². The minimum atomic E-state index is -0.885. The van der Waals surface area contributed by atoms with Crippen LogP contribution in [0.2, 0.25) is 0 Å². The quantitative estimate of drug-likeness (QED) is 0.359. The number of ether oxygens (including phenoxy) is 2. The third kappa shape index (κ3) is 6.45. The summed E-state index contributed by atoms with van der Waals surface area (Å²) >= 11 is 0. The van der Waals surface area contributed by atoms with Gasteiger partial charge < -0.3 is 19.3 Å². The van der Waals surface area contributed by atoms with Gasteiger partial charge in [-0.15, -0.1) is 0 Å². The Balaban J connectivity index is 1.15. The second kappa shape index (κ2) is 12.7. The third-order valence-electron chi connectivity index (χ3n) is 9.28. The molecule has 47 heavy (non-hydrogen) atoms. The highest BCUT2D eigenvalue weighted by Crippen LogP contribution is 2.36. The van der Waals surface area contributed by atoms with E-state index in [0.29, 0.717) is 54.6 Å². The van der Waals surface area contributed by atoms with Crippen LogP contribution in [0.1, 0.15) is 45.2 Å². The van der Waals surface area contributed by atoms with Gasteiger partial charge in [-0.05, 0) is 57.0 Å². The Labute approximate surface area is 273 Å². The maximum atomic E-state index is 15.5. The molecule has 3 aromatic rings. The van der Waals surface area contributed by atoms with Crippen LogP contribution < -0.4 is 15.3 Å². The van der Waals surface area contributed by atoms with Crippen LogP contribution in [0.4, 0.5) is 14.9 Å². The van der Waals surface area contributed by atoms with Gasteiger partial charge in [0, 0.05) is 65.2 Å². The lowest BCUT2D eigenvalue weighted by molar-refractivity contribution is -0.151. The molecule has 0 spiro atoms. The van der Waals surface area contributed by atoms with Gasteiger partial charge in [0.2, 0.25) is 5.91 Å². The van der Waals surface area contributed by atoms with Crippen molar-refractivity contribution in [2.24, 2.45) is 13.0 Å². The summed E-state index contributed by atoms with van der Waals surface area (Å²) in [6.07, 6.45) is 0.0123. The zero-order valence-corrected chi connectivity index (χ0v) is 27.7. The number of halogens is 1. The molecule has 3 aliphatic heterocycles. The number of fused-ring (bicyclic) bond motifs is 1. The second-order valence-electron chi connectivity index (χ2n) is 13.7. The fourth-order valence-corrected chi connectivity index (χ4v) is 6.84. The van der Waals surface area contributed by atoms with E-state index in [1.165, 1.54) is 20.1 Å². The SMILES string of the molecule is COc1ccc(CN2C(=O)CCC(n3c(=O)n(C)c4c(N5CC(CN6CCN(C(=O)OC(C)(C)C)CC6)C5)c(F)ccc43)C2=O)cc1. The van der Waals surface area contributed by atoms with E-state index in [-0.39, 0.29) is 31.4 Å². The van der Waals surface area contributed by atoms with Gasteiger partial charge in [0.15, 0.2) is 0 Å². The lowest BCUT2D eigenvalue weighted by Gasteiger charge is -2.45. The first kappa shape index (κ1) is 32.5. The maximum Gasteiger partial charge on any atom is 0.410 e. The molecule has 6 rings (SSSR count). The Bertz CT molecular complexity index is 1730. The fourth-order valence-electron chi connectivity index (χ4n) is 6.84. The Morgan fingerprint density at radius 2 is 1.66 bits per heavy atom. The van der Waals surface area contributed by atoms with Crippen molar-refractivity contribution in [1.82, 2.24) is 23.8 Å². The van der Waals surface area contributed by atoms with Gasteiger partial charge in [0.05, 0.1) is 30.4 Å². The van der Waals surface area contributed by atoms with Crippen molar-refractivity contribution in [2.45, 2.75) is 51.8 Å². The number of anilines is 1. The van der Waals surface area contributed by atoms with E-state index >= 15 is 4.39 Å². The predicted molar refractivity (Wildman–Crippen MR) is 174 cm³/mol. The third-order valence-corrected chi connectivity index (χ3v) is 9.28. The van der Waals surface area contributed by atoms with Gasteiger partial charge >= 0.3 is 11.8 Å². The van der Waals surface area contributed by atoms with Crippen LogP contribution in [-0.4, -0.2) is 100 Å². The van der Waals surface area contributed by atoms with Crippen LogP contribution in [0.25, 0.3) is 11.0 Å². The smallest absolute Gasteiger partial charge is 0.410 e. The Morgan fingerprint density at radius 1 is 0.979 bits per heavy atom. The van der Waals surface area contributed by atoms with Crippen LogP contribution in [-0.2, 0) is 27.9 Å². The lowest BCUT2D eigenvalue weighted by Crippen LogP contribution is -2.56. The summed E-state index contributed by atoms with van der Waals surface area (Å²) in [6, 6.07) is 9.15. The molecule has 1 atom stereocenters. The molecule has 2 aromatic carbocycles. The van der Waals surface area contributed by atoms with Crippen molar-refractivity contribution < 1.29 is 28.2 Å². The van der Waals surface area contributed by atoms with Crippen LogP contribution in [0.5, 0.6) is 5.75 Å². The Kier molecular flexibility index (Phi) is 8.77. The number of piperidine rings is 1. The molecule has 3 saturated heterocycles. The average Bonchev–Trinajstić information content (AvgIpc) is 3.26. The Hall–Kier alpha value is -4.39. The normalized spacial score (nSPS) is 19.8. The summed E-state index contributed by atoms with van der Waals surface area (Å²) in [7, 11) is 3.16. The second-order valence-corrected chi connectivity index (χ2v) is 13.7. The Morgan fingerprint density at radius 3 is 2.30 bits per heavy atom. The van der Waals surface area contributed by atoms with E-state index in [2.05, 4.69) is 4.90 Å². The highest BCUT2D eigenvalue weighted by Gasteiger charge is 2.39. The molecule has 0 bridgehead atoms. The van der Waals surface area contributed by atoms with Crippen LogP contribution in [0, 0.1) is 11.7 Å². The van der Waals surface area contributed by atoms with Crippen LogP contribution >= 0.6 is 0 Å². The predicted octanol–water partition coefficient (Wildman–Crippen LogP) is 3.37. The number of hydrogen-bond acceptors (Lipinski definition) is 8. The average molecular weight is 651 g/mol. The van der Waals surface area contributed by atoms with Crippen molar-refractivity contribution in [2.75, 3.05) is 57.8 Å². The molecule has 3 amide bonds. The van der Waals surface area contributed by atoms with E-state index in [4.69, 9.17) is 9.47 Å². The molecule has 3 aliphatic rings. The molecule has 0 saturated carbocycles. The summed E-state index contributed by atoms with van der Waals surface area (Å²) in [5.41, 5.74) is 1.05. The number of benzene rings is 2. The highest BCUT2D eigenvalue weighted by atomic mass is 19.1. The van der Waals surface area contributed by atoms with Gasteiger partial charge in [-0.3, -0.25) is 28.5 Å². The molecular weight excluding hydrogens is 607 g/mol. The summed E-state index contributed by atoms with van der Waals surface area (Å²) in [4.78, 5) is 60.0. The van der Waals surface area contributed by atoms with Gasteiger partial charge in [-0.2, -0.15) is 0 Å². The van der Waals surface area contributed by atoms with E-state index in [1.807, 2.05) is 25.7 Å². The topological polar surface area (TPSA) is 110 Å². The van der Waals surface area contributed by atoms with Crippen LogP contribution in [0.15, 0.2) is 41.2 Å². The summed E-state index contributed by atoms with van der Waals surface area (Å²) in [6.45, 7) is 10.4. The van der Waals surface area contributed by atoms with Gasteiger partial charge in [0.1, 0.15) is 23.2 Å². The van der Waals surface area contributed by atoms with Crippen molar-refractivity contribution >= 4 is 34.6 Å². The summed E-state index contributed by atoms with van der Waals surface area (Å²) in [5, 5.41) is 0. The zero-order chi connectivity index (χ0) is 33.6. The molecule has 1 unspecified atom stereocenters. The number of nitrogens with zero attached hydrogens (tertiary/aromatic N) is 6. The lowest BCUT2D eigenvalue weighted by atomic mass is 9.97. The number of piperazine rings is 1. The molecule has 0 N–H and O–H groups in total. The van der Waals surface area contributed by atoms with Crippen molar-refractivity contribution in [1.29, 1.82) is 0 Å². The van der Waals surface area contributed by atoms with Crippen LogP contribution in [0.3, 0.4) is 0 Å². The largest absolute Gasteiger partial charge is 0.497 e. The molecule has 0 aliphatic carbocycles. The van der Waals surface area contributed by atoms with Gasteiger partial charge in [0.25, 0.3) is 5.91 Å². The molecule has 12 nitrogen and oxygen atoms in total. The molecule has 4 heterocycles. The van der Waals surface area contributed by atoms with Crippen molar-refractivity contribution in [3.8, 4) is 5.75 Å².